The number of aryl methyl sites for hydroxylation is 2. The van der Waals surface area contributed by atoms with Gasteiger partial charge in [0.15, 0.2) is 0 Å². The van der Waals surface area contributed by atoms with Crippen molar-refractivity contribution in [3.8, 4) is 0 Å². The van der Waals surface area contributed by atoms with Crippen LogP contribution in [0.3, 0.4) is 0 Å². The molecule has 7 nitrogen and oxygen atoms in total. The van der Waals surface area contributed by atoms with E-state index in [0.717, 1.165) is 41.6 Å². The minimum Gasteiger partial charge on any atom is -0.324 e. The topological polar surface area (TPSA) is 95.2 Å². The summed E-state index contributed by atoms with van der Waals surface area (Å²) in [7, 11) is 0. The fourth-order valence-corrected chi connectivity index (χ4v) is 6.39. The molecule has 3 aromatic rings. The molecule has 0 bridgehead atoms. The lowest BCUT2D eigenvalue weighted by Crippen LogP contribution is -2.26. The van der Waals surface area contributed by atoms with Gasteiger partial charge in [0, 0.05) is 17.8 Å². The minimum absolute atomic E-state index is 0.0707. The molecule has 3 heterocycles. The highest BCUT2D eigenvalue weighted by atomic mass is 32.2. The van der Waals surface area contributed by atoms with E-state index in [9.17, 15) is 14.4 Å². The van der Waals surface area contributed by atoms with Crippen LogP contribution in [0.25, 0.3) is 10.2 Å². The van der Waals surface area contributed by atoms with Gasteiger partial charge in [0.05, 0.1) is 28.3 Å². The smallest absolute Gasteiger partial charge is 0.259 e. The predicted molar refractivity (Wildman–Crippen MR) is 130 cm³/mol. The standard InChI is InChI=1S/C23H24N4O3S2/c28-19(24-15-7-2-3-8-16(15)27-11-5-10-20(27)29)13-31-12-18-25-22(30)21-14-6-1-4-9-17(14)32-23(21)26-18/h2-3,7-8H,1,4-6,9-13H2,(H,24,28)(H,25,26,30). The third kappa shape index (κ3) is 4.19. The van der Waals surface area contributed by atoms with Crippen LogP contribution in [0.1, 0.15) is 41.9 Å². The molecule has 0 spiro atoms. The van der Waals surface area contributed by atoms with Crippen LogP contribution in [0.2, 0.25) is 0 Å². The second kappa shape index (κ2) is 9.07. The van der Waals surface area contributed by atoms with Gasteiger partial charge in [-0.1, -0.05) is 12.1 Å². The van der Waals surface area contributed by atoms with E-state index >= 15 is 0 Å². The number of hydrogen-bond donors (Lipinski definition) is 2. The van der Waals surface area contributed by atoms with Gasteiger partial charge in [-0.3, -0.25) is 14.4 Å². The van der Waals surface area contributed by atoms with Crippen molar-refractivity contribution in [3.63, 3.8) is 0 Å². The van der Waals surface area contributed by atoms with Gasteiger partial charge < -0.3 is 15.2 Å². The van der Waals surface area contributed by atoms with Crippen LogP contribution in [0.5, 0.6) is 0 Å². The van der Waals surface area contributed by atoms with Crippen molar-refractivity contribution < 1.29 is 9.59 Å². The summed E-state index contributed by atoms with van der Waals surface area (Å²) in [5.74, 6) is 1.21. The van der Waals surface area contributed by atoms with Crippen LogP contribution in [-0.4, -0.2) is 34.1 Å². The third-order valence-corrected chi connectivity index (χ3v) is 8.02. The third-order valence-electron chi connectivity index (χ3n) is 5.89. The second-order valence-corrected chi connectivity index (χ2v) is 10.2. The van der Waals surface area contributed by atoms with Crippen molar-refractivity contribution in [1.29, 1.82) is 0 Å². The number of aromatic nitrogens is 2. The monoisotopic (exact) mass is 468 g/mol. The summed E-state index contributed by atoms with van der Waals surface area (Å²) in [6.07, 6.45) is 5.66. The minimum atomic E-state index is -0.149. The number of rotatable bonds is 6. The normalized spacial score (nSPS) is 15.9. The van der Waals surface area contributed by atoms with Gasteiger partial charge in [-0.15, -0.1) is 23.1 Å². The molecule has 0 radical (unpaired) electrons. The largest absolute Gasteiger partial charge is 0.324 e. The zero-order valence-electron chi connectivity index (χ0n) is 17.6. The lowest BCUT2D eigenvalue weighted by molar-refractivity contribution is -0.117. The van der Waals surface area contributed by atoms with Gasteiger partial charge in [0.2, 0.25) is 11.8 Å². The van der Waals surface area contributed by atoms with Gasteiger partial charge in [-0.2, -0.15) is 0 Å². The van der Waals surface area contributed by atoms with Crippen LogP contribution >= 0.6 is 23.1 Å². The highest BCUT2D eigenvalue weighted by Crippen LogP contribution is 2.34. The summed E-state index contributed by atoms with van der Waals surface area (Å²) in [5, 5.41) is 3.68. The van der Waals surface area contributed by atoms with E-state index in [0.29, 0.717) is 30.2 Å². The van der Waals surface area contributed by atoms with Crippen molar-refractivity contribution in [1.82, 2.24) is 9.97 Å². The number of aromatic amines is 1. The average Bonchev–Trinajstić information content (AvgIpc) is 3.37. The maximum atomic E-state index is 12.7. The molecule has 2 aliphatic rings. The molecule has 0 saturated carbocycles. The van der Waals surface area contributed by atoms with Crippen LogP contribution in [0.4, 0.5) is 11.4 Å². The molecular formula is C23H24N4O3S2. The van der Waals surface area contributed by atoms with Crippen molar-refractivity contribution in [2.45, 2.75) is 44.3 Å². The summed E-state index contributed by atoms with van der Waals surface area (Å²) in [4.78, 5) is 48.7. The Balaban J connectivity index is 1.23. The first-order chi connectivity index (χ1) is 15.6. The molecular weight excluding hydrogens is 444 g/mol. The van der Waals surface area contributed by atoms with E-state index in [1.807, 2.05) is 24.3 Å². The lowest BCUT2D eigenvalue weighted by Gasteiger charge is -2.19. The molecule has 2 N–H and O–H groups in total. The summed E-state index contributed by atoms with van der Waals surface area (Å²) in [6, 6.07) is 7.38. The Morgan fingerprint density at radius 1 is 1.16 bits per heavy atom. The van der Waals surface area contributed by atoms with E-state index in [1.54, 1.807) is 16.2 Å². The van der Waals surface area contributed by atoms with E-state index < -0.39 is 0 Å². The average molecular weight is 469 g/mol. The van der Waals surface area contributed by atoms with Gasteiger partial charge in [0.25, 0.3) is 5.56 Å². The van der Waals surface area contributed by atoms with Crippen molar-refractivity contribution in [2.75, 3.05) is 22.5 Å². The molecule has 1 aliphatic heterocycles. The van der Waals surface area contributed by atoms with Crippen LogP contribution in [0, 0.1) is 0 Å². The fourth-order valence-electron chi connectivity index (χ4n) is 4.42. The van der Waals surface area contributed by atoms with Crippen molar-refractivity contribution in [3.05, 3.63) is 50.9 Å². The van der Waals surface area contributed by atoms with E-state index in [4.69, 9.17) is 0 Å². The number of anilines is 2. The number of benzene rings is 1. The van der Waals surface area contributed by atoms with Crippen molar-refractivity contribution in [2.24, 2.45) is 0 Å². The Kier molecular flexibility index (Phi) is 6.01. The number of carbonyl (C=O) groups is 2. The first-order valence-electron chi connectivity index (χ1n) is 10.9. The van der Waals surface area contributed by atoms with E-state index in [1.165, 1.54) is 28.6 Å². The Morgan fingerprint density at radius 2 is 2.00 bits per heavy atom. The van der Waals surface area contributed by atoms with E-state index in [-0.39, 0.29) is 23.1 Å². The predicted octanol–water partition coefficient (Wildman–Crippen LogP) is 3.86. The molecule has 2 aromatic heterocycles. The van der Waals surface area contributed by atoms with Gasteiger partial charge in [-0.25, -0.2) is 4.98 Å². The number of hydrogen-bond acceptors (Lipinski definition) is 6. The molecule has 1 fully saturated rings. The quantitative estimate of drug-likeness (QED) is 0.573. The number of amides is 2. The number of thioether (sulfide) groups is 1. The second-order valence-electron chi connectivity index (χ2n) is 8.11. The molecule has 0 unspecified atom stereocenters. The Labute approximate surface area is 193 Å². The molecule has 2 amide bonds. The van der Waals surface area contributed by atoms with Crippen molar-refractivity contribution >= 4 is 56.5 Å². The fraction of sp³-hybridized carbons (Fsp3) is 0.391. The summed E-state index contributed by atoms with van der Waals surface area (Å²) >= 11 is 3.04. The number of nitrogens with one attached hydrogen (secondary N) is 2. The molecule has 1 aromatic carbocycles. The maximum absolute atomic E-state index is 12.7. The SMILES string of the molecule is O=C(CSCc1nc2sc3c(c2c(=O)[nH]1)CCCC3)Nc1ccccc1N1CCCC1=O. The number of para-hydroxylation sites is 2. The maximum Gasteiger partial charge on any atom is 0.259 e. The summed E-state index contributed by atoms with van der Waals surface area (Å²) < 4.78 is 0. The Morgan fingerprint density at radius 3 is 2.84 bits per heavy atom. The van der Waals surface area contributed by atoms with Crippen LogP contribution in [0.15, 0.2) is 29.1 Å². The van der Waals surface area contributed by atoms with Gasteiger partial charge >= 0.3 is 0 Å². The highest BCUT2D eigenvalue weighted by Gasteiger charge is 2.24. The Hall–Kier alpha value is -2.65. The molecule has 32 heavy (non-hydrogen) atoms. The summed E-state index contributed by atoms with van der Waals surface area (Å²) in [5.41, 5.74) is 2.49. The molecule has 1 aliphatic carbocycles. The lowest BCUT2D eigenvalue weighted by atomic mass is 9.97. The first kappa shape index (κ1) is 21.2. The highest BCUT2D eigenvalue weighted by molar-refractivity contribution is 7.99. The van der Waals surface area contributed by atoms with Gasteiger partial charge in [0.1, 0.15) is 10.7 Å². The Bertz CT molecular complexity index is 1250. The number of fused-ring (bicyclic) bond motifs is 3. The van der Waals surface area contributed by atoms with E-state index in [2.05, 4.69) is 15.3 Å². The summed E-state index contributed by atoms with van der Waals surface area (Å²) in [6.45, 7) is 0.675. The zero-order valence-corrected chi connectivity index (χ0v) is 19.2. The molecule has 0 atom stereocenters. The molecule has 5 rings (SSSR count). The molecule has 1 saturated heterocycles. The number of H-pyrrole nitrogens is 1. The van der Waals surface area contributed by atoms with Gasteiger partial charge in [-0.05, 0) is 49.8 Å². The van der Waals surface area contributed by atoms with Crippen LogP contribution in [-0.2, 0) is 28.2 Å². The number of carbonyl (C=O) groups excluding carboxylic acids is 2. The first-order valence-corrected chi connectivity index (χ1v) is 12.9. The molecule has 166 valence electrons. The van der Waals surface area contributed by atoms with Crippen LogP contribution < -0.4 is 15.8 Å². The zero-order chi connectivity index (χ0) is 22.1. The number of thiophene rings is 1. The number of nitrogens with zero attached hydrogens (tertiary/aromatic N) is 2. The molecule has 9 heteroatoms.